The lowest BCUT2D eigenvalue weighted by molar-refractivity contribution is 0.0837. The van der Waals surface area contributed by atoms with Gasteiger partial charge in [0, 0.05) is 22.9 Å². The average Bonchev–Trinajstić information content (AvgIpc) is 2.27. The minimum absolute atomic E-state index is 0.150. The highest BCUT2D eigenvalue weighted by molar-refractivity contribution is 9.10. The number of hydrogen-bond acceptors (Lipinski definition) is 4. The van der Waals surface area contributed by atoms with Crippen molar-refractivity contribution in [2.24, 2.45) is 0 Å². The van der Waals surface area contributed by atoms with E-state index in [0.717, 1.165) is 34.0 Å². The fourth-order valence-corrected chi connectivity index (χ4v) is 2.37. The summed E-state index contributed by atoms with van der Waals surface area (Å²) in [5.41, 5.74) is 2.72. The Morgan fingerprint density at radius 2 is 2.18 bits per heavy atom. The Balaban J connectivity index is 1.93. The molecule has 0 aliphatic heterocycles. The van der Waals surface area contributed by atoms with Crippen LogP contribution in [0.25, 0.3) is 11.0 Å². The smallest absolute Gasteiger partial charge is 0.112 e. The van der Waals surface area contributed by atoms with Gasteiger partial charge < -0.3 is 10.4 Å². The zero-order valence-electron chi connectivity index (χ0n) is 9.10. The number of anilines is 1. The maximum absolute atomic E-state index is 9.27. The van der Waals surface area contributed by atoms with Crippen molar-refractivity contribution in [2.45, 2.75) is 25.0 Å². The quantitative estimate of drug-likeness (QED) is 0.892. The molecule has 0 saturated heterocycles. The van der Waals surface area contributed by atoms with Gasteiger partial charge in [-0.2, -0.15) is 0 Å². The molecule has 2 aromatic heterocycles. The Morgan fingerprint density at radius 1 is 1.35 bits per heavy atom. The zero-order chi connectivity index (χ0) is 11.8. The third kappa shape index (κ3) is 2.12. The molecule has 4 nitrogen and oxygen atoms in total. The highest BCUT2D eigenvalue weighted by atomic mass is 79.9. The Morgan fingerprint density at radius 3 is 2.94 bits per heavy atom. The Labute approximate surface area is 107 Å². The third-order valence-electron chi connectivity index (χ3n) is 3.02. The van der Waals surface area contributed by atoms with E-state index in [0.29, 0.717) is 6.04 Å². The van der Waals surface area contributed by atoms with Crippen LogP contribution in [0.15, 0.2) is 29.0 Å². The van der Waals surface area contributed by atoms with Crippen LogP contribution in [0.4, 0.5) is 5.69 Å². The van der Waals surface area contributed by atoms with Gasteiger partial charge in [0.25, 0.3) is 0 Å². The molecule has 0 aromatic carbocycles. The molecule has 17 heavy (non-hydrogen) atoms. The van der Waals surface area contributed by atoms with Crippen molar-refractivity contribution in [3.05, 3.63) is 29.0 Å². The molecule has 0 amide bonds. The summed E-state index contributed by atoms with van der Waals surface area (Å²) in [6.07, 6.45) is 5.00. The zero-order valence-corrected chi connectivity index (χ0v) is 10.7. The first kappa shape index (κ1) is 10.9. The van der Waals surface area contributed by atoms with Crippen LogP contribution < -0.4 is 5.32 Å². The van der Waals surface area contributed by atoms with Crippen molar-refractivity contribution in [1.29, 1.82) is 0 Å². The first-order chi connectivity index (χ1) is 8.22. The van der Waals surface area contributed by atoms with Crippen LogP contribution >= 0.6 is 15.9 Å². The molecule has 1 fully saturated rings. The predicted octanol–water partition coefficient (Wildman–Crippen LogP) is 2.33. The molecule has 5 heteroatoms. The van der Waals surface area contributed by atoms with Crippen LogP contribution in [0.5, 0.6) is 0 Å². The van der Waals surface area contributed by atoms with Crippen molar-refractivity contribution in [2.75, 3.05) is 5.32 Å². The summed E-state index contributed by atoms with van der Waals surface area (Å²) in [6, 6.07) is 4.22. The van der Waals surface area contributed by atoms with Crippen molar-refractivity contribution >= 4 is 32.7 Å². The summed E-state index contributed by atoms with van der Waals surface area (Å²) >= 11 is 3.38. The van der Waals surface area contributed by atoms with Gasteiger partial charge in [0.2, 0.25) is 0 Å². The van der Waals surface area contributed by atoms with Crippen LogP contribution in [0.3, 0.4) is 0 Å². The van der Waals surface area contributed by atoms with Gasteiger partial charge in [0.05, 0.1) is 17.3 Å². The molecule has 0 unspecified atom stereocenters. The van der Waals surface area contributed by atoms with E-state index in [4.69, 9.17) is 0 Å². The molecule has 0 atom stereocenters. The van der Waals surface area contributed by atoms with Gasteiger partial charge in [-0.3, -0.25) is 9.97 Å². The van der Waals surface area contributed by atoms with E-state index in [9.17, 15) is 5.11 Å². The molecule has 2 heterocycles. The van der Waals surface area contributed by atoms with Gasteiger partial charge in [-0.05, 0) is 40.9 Å². The molecule has 0 bridgehead atoms. The lowest BCUT2D eigenvalue weighted by Gasteiger charge is -2.32. The fraction of sp³-hybridized carbons (Fsp3) is 0.333. The van der Waals surface area contributed by atoms with Crippen LogP contribution in [0.2, 0.25) is 0 Å². The number of rotatable bonds is 2. The number of nitrogens with one attached hydrogen (secondary N) is 1. The van der Waals surface area contributed by atoms with Crippen molar-refractivity contribution in [1.82, 2.24) is 9.97 Å². The molecule has 1 saturated carbocycles. The number of aliphatic hydroxyl groups is 1. The predicted molar refractivity (Wildman–Crippen MR) is 69.9 cm³/mol. The highest BCUT2D eigenvalue weighted by Crippen LogP contribution is 2.27. The Hall–Kier alpha value is -1.20. The number of halogens is 1. The maximum atomic E-state index is 9.27. The second-order valence-corrected chi connectivity index (χ2v) is 5.26. The van der Waals surface area contributed by atoms with Gasteiger partial charge in [-0.25, -0.2) is 0 Å². The van der Waals surface area contributed by atoms with E-state index < -0.39 is 0 Å². The van der Waals surface area contributed by atoms with Gasteiger partial charge in [0.15, 0.2) is 0 Å². The van der Waals surface area contributed by atoms with Crippen molar-refractivity contribution in [3.63, 3.8) is 0 Å². The van der Waals surface area contributed by atoms with E-state index in [1.807, 2.05) is 12.1 Å². The van der Waals surface area contributed by atoms with Gasteiger partial charge in [0.1, 0.15) is 5.52 Å². The number of aromatic nitrogens is 2. The summed E-state index contributed by atoms with van der Waals surface area (Å²) < 4.78 is 0.925. The summed E-state index contributed by atoms with van der Waals surface area (Å²) in [4.78, 5) is 8.66. The molecule has 1 aliphatic carbocycles. The van der Waals surface area contributed by atoms with Crippen LogP contribution in [-0.4, -0.2) is 27.2 Å². The second-order valence-electron chi connectivity index (χ2n) is 4.35. The molecule has 0 radical (unpaired) electrons. The number of hydrogen-bond donors (Lipinski definition) is 2. The van der Waals surface area contributed by atoms with Crippen LogP contribution in [-0.2, 0) is 0 Å². The SMILES string of the molecule is OC1CC(Nc2ccnc3cc(Br)cnc23)C1. The molecule has 1 aliphatic rings. The highest BCUT2D eigenvalue weighted by Gasteiger charge is 2.27. The van der Waals surface area contributed by atoms with E-state index in [1.165, 1.54) is 0 Å². The first-order valence-corrected chi connectivity index (χ1v) is 6.36. The molecule has 88 valence electrons. The summed E-state index contributed by atoms with van der Waals surface area (Å²) in [6.45, 7) is 0. The molecular formula is C12H12BrN3O. The lowest BCUT2D eigenvalue weighted by Crippen LogP contribution is -2.39. The average molecular weight is 294 g/mol. The van der Waals surface area contributed by atoms with Crippen LogP contribution in [0.1, 0.15) is 12.8 Å². The Kier molecular flexibility index (Phi) is 2.72. The topological polar surface area (TPSA) is 58.0 Å². The second kappa shape index (κ2) is 4.23. The maximum Gasteiger partial charge on any atom is 0.112 e. The molecule has 0 spiro atoms. The van der Waals surface area contributed by atoms with E-state index >= 15 is 0 Å². The molecule has 2 N–H and O–H groups in total. The number of fused-ring (bicyclic) bond motifs is 1. The summed E-state index contributed by atoms with van der Waals surface area (Å²) in [5.74, 6) is 0. The number of nitrogens with zero attached hydrogens (tertiary/aromatic N) is 2. The molecule has 2 aromatic rings. The summed E-state index contributed by atoms with van der Waals surface area (Å²) in [7, 11) is 0. The van der Waals surface area contributed by atoms with E-state index in [-0.39, 0.29) is 6.10 Å². The van der Waals surface area contributed by atoms with Gasteiger partial charge in [-0.15, -0.1) is 0 Å². The largest absolute Gasteiger partial charge is 0.393 e. The molecule has 3 rings (SSSR count). The minimum atomic E-state index is -0.150. The fourth-order valence-electron chi connectivity index (χ4n) is 2.05. The Bertz CT molecular complexity index is 554. The van der Waals surface area contributed by atoms with E-state index in [1.54, 1.807) is 12.4 Å². The van der Waals surface area contributed by atoms with Crippen molar-refractivity contribution < 1.29 is 5.11 Å². The normalized spacial score (nSPS) is 23.4. The standard InChI is InChI=1S/C12H12BrN3O/c13-7-3-11-12(15-6-7)10(1-2-14-11)16-8-4-9(17)5-8/h1-3,6,8-9,17H,4-5H2,(H,14,16). The number of aliphatic hydroxyl groups excluding tert-OH is 1. The van der Waals surface area contributed by atoms with Crippen molar-refractivity contribution in [3.8, 4) is 0 Å². The third-order valence-corrected chi connectivity index (χ3v) is 3.45. The monoisotopic (exact) mass is 293 g/mol. The van der Waals surface area contributed by atoms with Crippen LogP contribution in [0, 0.1) is 0 Å². The first-order valence-electron chi connectivity index (χ1n) is 5.57. The van der Waals surface area contributed by atoms with Gasteiger partial charge >= 0.3 is 0 Å². The number of pyridine rings is 2. The summed E-state index contributed by atoms with van der Waals surface area (Å²) in [5, 5.41) is 12.7. The lowest BCUT2D eigenvalue weighted by atomic mass is 9.89. The van der Waals surface area contributed by atoms with Gasteiger partial charge in [-0.1, -0.05) is 0 Å². The van der Waals surface area contributed by atoms with E-state index in [2.05, 4.69) is 31.2 Å². The molecular weight excluding hydrogens is 282 g/mol. The minimum Gasteiger partial charge on any atom is -0.393 e.